The van der Waals surface area contributed by atoms with Crippen molar-refractivity contribution in [1.29, 1.82) is 0 Å². The zero-order valence-electron chi connectivity index (χ0n) is 11.6. The fraction of sp³-hybridized carbons (Fsp3) is 0.600. The number of benzene rings is 1. The molecular weight excluding hydrogens is 210 g/mol. The number of nitrogens with one attached hydrogen (secondary N) is 1. The van der Waals surface area contributed by atoms with Crippen LogP contribution in [0.5, 0.6) is 5.75 Å². The number of ether oxygens (including phenoxy) is 1. The topological polar surface area (TPSA) is 21.3 Å². The van der Waals surface area contributed by atoms with Gasteiger partial charge in [-0.2, -0.15) is 0 Å². The van der Waals surface area contributed by atoms with Crippen molar-refractivity contribution in [2.24, 2.45) is 5.92 Å². The zero-order chi connectivity index (χ0) is 12.6. The highest BCUT2D eigenvalue weighted by Gasteiger charge is 2.30. The van der Waals surface area contributed by atoms with Crippen molar-refractivity contribution in [3.05, 3.63) is 28.3 Å². The van der Waals surface area contributed by atoms with E-state index in [-0.39, 0.29) is 0 Å². The van der Waals surface area contributed by atoms with Gasteiger partial charge in [-0.3, -0.25) is 0 Å². The van der Waals surface area contributed by atoms with Gasteiger partial charge in [-0.05, 0) is 44.0 Å². The Morgan fingerprint density at radius 1 is 1.29 bits per heavy atom. The van der Waals surface area contributed by atoms with E-state index < -0.39 is 0 Å². The Morgan fingerprint density at radius 2 is 2.00 bits per heavy atom. The van der Waals surface area contributed by atoms with Crippen LogP contribution in [0.15, 0.2) is 6.07 Å². The van der Waals surface area contributed by atoms with Crippen LogP contribution in [0, 0.1) is 26.7 Å². The van der Waals surface area contributed by atoms with Crippen molar-refractivity contribution in [3.63, 3.8) is 0 Å². The van der Waals surface area contributed by atoms with Crippen LogP contribution in [0.1, 0.15) is 42.1 Å². The summed E-state index contributed by atoms with van der Waals surface area (Å²) in [5.41, 5.74) is 5.33. The molecule has 0 bridgehead atoms. The molecule has 2 heteroatoms. The molecule has 2 nitrogen and oxygen atoms in total. The molecule has 2 atom stereocenters. The molecule has 0 aromatic heterocycles. The number of hydrogen-bond donors (Lipinski definition) is 1. The summed E-state index contributed by atoms with van der Waals surface area (Å²) >= 11 is 0. The number of fused-ring (bicyclic) bond motifs is 1. The molecule has 1 aliphatic heterocycles. The highest BCUT2D eigenvalue weighted by Crippen LogP contribution is 2.40. The summed E-state index contributed by atoms with van der Waals surface area (Å²) in [5, 5.41) is 3.60. The minimum Gasteiger partial charge on any atom is -0.493 e. The second-order valence-electron chi connectivity index (χ2n) is 5.20. The van der Waals surface area contributed by atoms with Crippen LogP contribution in [-0.2, 0) is 0 Å². The Balaban J connectivity index is 2.55. The van der Waals surface area contributed by atoms with Crippen molar-refractivity contribution < 1.29 is 4.74 Å². The lowest BCUT2D eigenvalue weighted by atomic mass is 9.86. The van der Waals surface area contributed by atoms with Gasteiger partial charge in [0.1, 0.15) is 5.75 Å². The zero-order valence-corrected chi connectivity index (χ0v) is 11.6. The molecule has 0 saturated carbocycles. The van der Waals surface area contributed by atoms with Crippen LogP contribution in [0.25, 0.3) is 0 Å². The predicted octanol–water partition coefficient (Wildman–Crippen LogP) is 3.29. The fourth-order valence-electron chi connectivity index (χ4n) is 2.76. The van der Waals surface area contributed by atoms with Gasteiger partial charge in [0.15, 0.2) is 0 Å². The molecule has 0 spiro atoms. The summed E-state index contributed by atoms with van der Waals surface area (Å²) in [5.74, 6) is 1.65. The van der Waals surface area contributed by atoms with E-state index >= 15 is 0 Å². The lowest BCUT2D eigenvalue weighted by molar-refractivity contribution is 0.188. The molecular formula is C15H23NO. The van der Waals surface area contributed by atoms with Crippen molar-refractivity contribution in [1.82, 2.24) is 5.32 Å². The van der Waals surface area contributed by atoms with Crippen LogP contribution >= 0.6 is 0 Å². The molecule has 2 rings (SSSR count). The van der Waals surface area contributed by atoms with E-state index in [1.807, 2.05) is 0 Å². The number of aryl methyl sites for hydroxylation is 2. The third kappa shape index (κ3) is 2.06. The normalized spacial score (nSPS) is 23.1. The fourth-order valence-corrected chi connectivity index (χ4v) is 2.76. The van der Waals surface area contributed by atoms with Gasteiger partial charge in [0.2, 0.25) is 0 Å². The third-order valence-corrected chi connectivity index (χ3v) is 3.83. The summed E-state index contributed by atoms with van der Waals surface area (Å²) in [7, 11) is 0. The van der Waals surface area contributed by atoms with Crippen LogP contribution in [0.3, 0.4) is 0 Å². The quantitative estimate of drug-likeness (QED) is 0.846. The maximum Gasteiger partial charge on any atom is 0.127 e. The van der Waals surface area contributed by atoms with Gasteiger partial charge in [0.05, 0.1) is 6.61 Å². The van der Waals surface area contributed by atoms with Gasteiger partial charge in [-0.15, -0.1) is 0 Å². The summed E-state index contributed by atoms with van der Waals surface area (Å²) < 4.78 is 5.96. The maximum atomic E-state index is 5.96. The first kappa shape index (κ1) is 12.4. The smallest absolute Gasteiger partial charge is 0.127 e. The van der Waals surface area contributed by atoms with Crippen LogP contribution in [0.2, 0.25) is 0 Å². The van der Waals surface area contributed by atoms with E-state index in [1.165, 1.54) is 22.3 Å². The van der Waals surface area contributed by atoms with Crippen LogP contribution < -0.4 is 10.1 Å². The summed E-state index contributed by atoms with van der Waals surface area (Å²) in [6.45, 7) is 12.7. The van der Waals surface area contributed by atoms with Crippen molar-refractivity contribution >= 4 is 0 Å². The molecule has 17 heavy (non-hydrogen) atoms. The molecule has 94 valence electrons. The second kappa shape index (κ2) is 4.69. The highest BCUT2D eigenvalue weighted by molar-refractivity contribution is 5.52. The van der Waals surface area contributed by atoms with Crippen LogP contribution in [0.4, 0.5) is 0 Å². The third-order valence-electron chi connectivity index (χ3n) is 3.83. The molecule has 1 heterocycles. The van der Waals surface area contributed by atoms with E-state index in [0.717, 1.165) is 18.9 Å². The first-order valence-corrected chi connectivity index (χ1v) is 6.53. The van der Waals surface area contributed by atoms with Gasteiger partial charge in [-0.25, -0.2) is 0 Å². The molecule has 1 aliphatic rings. The summed E-state index contributed by atoms with van der Waals surface area (Å²) in [6.07, 6.45) is 0. The largest absolute Gasteiger partial charge is 0.493 e. The Kier molecular flexibility index (Phi) is 3.43. The van der Waals surface area contributed by atoms with E-state index in [0.29, 0.717) is 12.0 Å². The highest BCUT2D eigenvalue weighted by atomic mass is 16.5. The van der Waals surface area contributed by atoms with Gasteiger partial charge in [0, 0.05) is 17.5 Å². The minimum absolute atomic E-state index is 0.433. The van der Waals surface area contributed by atoms with E-state index in [4.69, 9.17) is 4.74 Å². The monoisotopic (exact) mass is 233 g/mol. The number of hydrogen-bond acceptors (Lipinski definition) is 2. The summed E-state index contributed by atoms with van der Waals surface area (Å²) in [4.78, 5) is 0. The lowest BCUT2D eigenvalue weighted by Gasteiger charge is -2.34. The molecule has 0 saturated heterocycles. The Bertz CT molecular complexity index is 425. The molecule has 1 aromatic carbocycles. The molecule has 2 unspecified atom stereocenters. The van der Waals surface area contributed by atoms with Gasteiger partial charge in [-0.1, -0.05) is 19.9 Å². The SMILES string of the molecule is CCNC1c2c(C)cc(C)c(C)c2OCC1C. The van der Waals surface area contributed by atoms with Gasteiger partial charge < -0.3 is 10.1 Å². The van der Waals surface area contributed by atoms with Crippen molar-refractivity contribution in [2.45, 2.75) is 40.7 Å². The molecule has 1 N–H and O–H groups in total. The maximum absolute atomic E-state index is 5.96. The Morgan fingerprint density at radius 3 is 2.65 bits per heavy atom. The Labute approximate surface area is 104 Å². The molecule has 0 aliphatic carbocycles. The average molecular weight is 233 g/mol. The molecule has 1 aromatic rings. The average Bonchev–Trinajstić information content (AvgIpc) is 2.29. The number of rotatable bonds is 2. The van der Waals surface area contributed by atoms with E-state index in [1.54, 1.807) is 0 Å². The van der Waals surface area contributed by atoms with Crippen LogP contribution in [-0.4, -0.2) is 13.2 Å². The van der Waals surface area contributed by atoms with Crippen molar-refractivity contribution in [3.8, 4) is 5.75 Å². The van der Waals surface area contributed by atoms with E-state index in [9.17, 15) is 0 Å². The first-order chi connectivity index (χ1) is 8.06. The van der Waals surface area contributed by atoms with Gasteiger partial charge in [0.25, 0.3) is 0 Å². The molecule has 0 fully saturated rings. The van der Waals surface area contributed by atoms with Crippen molar-refractivity contribution in [2.75, 3.05) is 13.2 Å². The molecule has 0 radical (unpaired) electrons. The molecule has 0 amide bonds. The second-order valence-corrected chi connectivity index (χ2v) is 5.20. The van der Waals surface area contributed by atoms with E-state index in [2.05, 4.69) is 46.0 Å². The first-order valence-electron chi connectivity index (χ1n) is 6.53. The summed E-state index contributed by atoms with van der Waals surface area (Å²) in [6, 6.07) is 2.71. The minimum atomic E-state index is 0.433. The Hall–Kier alpha value is -1.02. The predicted molar refractivity (Wildman–Crippen MR) is 71.7 cm³/mol. The standard InChI is InChI=1S/C15H23NO/c1-6-16-14-11(4)8-17-15-12(5)9(2)7-10(3)13(14)15/h7,11,14,16H,6,8H2,1-5H3. The lowest BCUT2D eigenvalue weighted by Crippen LogP contribution is -2.34. The van der Waals surface area contributed by atoms with Gasteiger partial charge >= 0.3 is 0 Å².